The van der Waals surface area contributed by atoms with Crippen LogP contribution in [-0.2, 0) is 6.54 Å². The van der Waals surface area contributed by atoms with Gasteiger partial charge in [0.05, 0.1) is 0 Å². The Labute approximate surface area is 195 Å². The molecule has 4 heterocycles. The van der Waals surface area contributed by atoms with Crippen LogP contribution in [0.2, 0.25) is 0 Å². The van der Waals surface area contributed by atoms with E-state index in [1.807, 2.05) is 4.90 Å². The fourth-order valence-electron chi connectivity index (χ4n) is 5.37. The smallest absolute Gasteiger partial charge is 0.272 e. The molecule has 174 valence electrons. The van der Waals surface area contributed by atoms with Gasteiger partial charge in [0.25, 0.3) is 5.91 Å². The highest BCUT2D eigenvalue weighted by atomic mass is 16.5. The third kappa shape index (κ3) is 4.60. The summed E-state index contributed by atoms with van der Waals surface area (Å²) in [4.78, 5) is 25.3. The molecule has 1 spiro atoms. The minimum absolute atomic E-state index is 0.0383. The van der Waals surface area contributed by atoms with Crippen LogP contribution in [0, 0.1) is 5.41 Å². The summed E-state index contributed by atoms with van der Waals surface area (Å²) >= 11 is 0. The van der Waals surface area contributed by atoms with Gasteiger partial charge in [-0.15, -0.1) is 0 Å². The Kier molecular flexibility index (Phi) is 5.60. The molecule has 0 bridgehead atoms. The number of likely N-dealkylation sites (tertiary alicyclic amines) is 2. The molecule has 1 amide bonds. The van der Waals surface area contributed by atoms with Crippen LogP contribution in [0.25, 0.3) is 6.08 Å². The van der Waals surface area contributed by atoms with E-state index >= 15 is 0 Å². The monoisotopic (exact) mass is 447 g/mol. The van der Waals surface area contributed by atoms with Gasteiger partial charge in [-0.05, 0) is 81.8 Å². The van der Waals surface area contributed by atoms with E-state index in [-0.39, 0.29) is 17.5 Å². The van der Waals surface area contributed by atoms with Crippen molar-refractivity contribution in [2.75, 3.05) is 31.9 Å². The van der Waals surface area contributed by atoms with Crippen molar-refractivity contribution in [1.82, 2.24) is 19.8 Å². The van der Waals surface area contributed by atoms with Crippen molar-refractivity contribution >= 4 is 17.9 Å². The number of nitrogen functional groups attached to an aromatic ring is 1. The zero-order valence-electron chi connectivity index (χ0n) is 19.6. The number of hydrogen-bond acceptors (Lipinski definition) is 6. The standard InChI is InChI=1S/C26H33N5O2/c1-25(2)8-6-20-19(4-3-5-22(20)33-25)18-30-14-9-26(10-15-30)11-16-31(17-12-26)23(32)21-7-13-28-24(27)29-21/h3-8,13H,9-12,14-18H2,1-2H3,(H2,27,28,29). The fourth-order valence-corrected chi connectivity index (χ4v) is 5.37. The molecule has 0 aliphatic carbocycles. The van der Waals surface area contributed by atoms with Gasteiger partial charge in [-0.1, -0.05) is 18.2 Å². The number of carbonyl (C=O) groups excluding carboxylic acids is 1. The van der Waals surface area contributed by atoms with Gasteiger partial charge >= 0.3 is 0 Å². The van der Waals surface area contributed by atoms with Crippen LogP contribution in [0.1, 0.15) is 61.1 Å². The second kappa shape index (κ2) is 8.45. The lowest BCUT2D eigenvalue weighted by molar-refractivity contribution is 0.0281. The summed E-state index contributed by atoms with van der Waals surface area (Å²) in [6.45, 7) is 8.88. The minimum atomic E-state index is -0.251. The molecule has 7 heteroatoms. The Hall–Kier alpha value is -2.93. The van der Waals surface area contributed by atoms with Crippen molar-refractivity contribution in [1.29, 1.82) is 0 Å². The highest BCUT2D eigenvalue weighted by molar-refractivity contribution is 5.92. The van der Waals surface area contributed by atoms with Gasteiger partial charge in [-0.2, -0.15) is 0 Å². The van der Waals surface area contributed by atoms with Crippen LogP contribution >= 0.6 is 0 Å². The first-order valence-corrected chi connectivity index (χ1v) is 11.9. The Balaban J connectivity index is 1.17. The fraction of sp³-hybridized carbons (Fsp3) is 0.500. The number of nitrogens with two attached hydrogens (primary N) is 1. The van der Waals surface area contributed by atoms with E-state index in [2.05, 4.69) is 59.1 Å². The van der Waals surface area contributed by atoms with E-state index in [0.29, 0.717) is 11.1 Å². The summed E-state index contributed by atoms with van der Waals surface area (Å²) in [7, 11) is 0. The molecule has 5 rings (SSSR count). The Morgan fingerprint density at radius 3 is 2.55 bits per heavy atom. The molecule has 2 aromatic rings. The predicted octanol–water partition coefficient (Wildman–Crippen LogP) is 3.76. The number of ether oxygens (including phenoxy) is 1. The molecule has 0 atom stereocenters. The summed E-state index contributed by atoms with van der Waals surface area (Å²) in [5.74, 6) is 1.09. The maximum Gasteiger partial charge on any atom is 0.272 e. The molecule has 2 saturated heterocycles. The van der Waals surface area contributed by atoms with Gasteiger partial charge in [0.1, 0.15) is 17.0 Å². The van der Waals surface area contributed by atoms with Crippen LogP contribution in [0.4, 0.5) is 5.95 Å². The second-order valence-corrected chi connectivity index (χ2v) is 10.2. The van der Waals surface area contributed by atoms with Gasteiger partial charge in [0.2, 0.25) is 5.95 Å². The zero-order valence-corrected chi connectivity index (χ0v) is 19.6. The van der Waals surface area contributed by atoms with Crippen LogP contribution < -0.4 is 10.5 Å². The molecule has 2 fully saturated rings. The molecule has 1 aromatic heterocycles. The normalized spacial score (nSPS) is 21.5. The highest BCUT2D eigenvalue weighted by Gasteiger charge is 2.39. The van der Waals surface area contributed by atoms with E-state index in [0.717, 1.165) is 51.3 Å². The first kappa shape index (κ1) is 21.9. The first-order chi connectivity index (χ1) is 15.8. The molecule has 0 saturated carbocycles. The van der Waals surface area contributed by atoms with Gasteiger partial charge < -0.3 is 15.4 Å². The summed E-state index contributed by atoms with van der Waals surface area (Å²) < 4.78 is 6.15. The SMILES string of the molecule is CC1(C)C=Cc2c(CN3CCC4(CC3)CCN(C(=O)c3ccnc(N)n3)CC4)cccc2O1. The number of anilines is 1. The lowest BCUT2D eigenvalue weighted by Gasteiger charge is -2.47. The van der Waals surface area contributed by atoms with Crippen LogP contribution in [0.15, 0.2) is 36.5 Å². The molecule has 0 unspecified atom stereocenters. The maximum absolute atomic E-state index is 12.8. The van der Waals surface area contributed by atoms with Crippen molar-refractivity contribution in [2.45, 2.75) is 51.7 Å². The van der Waals surface area contributed by atoms with Crippen LogP contribution in [-0.4, -0.2) is 57.5 Å². The predicted molar refractivity (Wildman–Crippen MR) is 129 cm³/mol. The summed E-state index contributed by atoms with van der Waals surface area (Å²) in [6, 6.07) is 8.04. The van der Waals surface area contributed by atoms with Gasteiger partial charge in [0.15, 0.2) is 0 Å². The first-order valence-electron chi connectivity index (χ1n) is 11.9. The van der Waals surface area contributed by atoms with E-state index in [4.69, 9.17) is 10.5 Å². The number of hydrogen-bond donors (Lipinski definition) is 1. The number of rotatable bonds is 3. The van der Waals surface area contributed by atoms with Crippen LogP contribution in [0.5, 0.6) is 5.75 Å². The Bertz CT molecular complexity index is 1060. The molecule has 3 aliphatic heterocycles. The van der Waals surface area contributed by atoms with Crippen molar-refractivity contribution in [2.24, 2.45) is 5.41 Å². The molecule has 3 aliphatic rings. The van der Waals surface area contributed by atoms with Crippen LogP contribution in [0.3, 0.4) is 0 Å². The molecular weight excluding hydrogens is 414 g/mol. The molecule has 0 radical (unpaired) electrons. The molecule has 1 aromatic carbocycles. The number of benzene rings is 1. The highest BCUT2D eigenvalue weighted by Crippen LogP contribution is 2.42. The van der Waals surface area contributed by atoms with Crippen molar-refractivity contribution < 1.29 is 9.53 Å². The number of piperidine rings is 2. The number of carbonyl (C=O) groups is 1. The number of amides is 1. The van der Waals surface area contributed by atoms with Crippen molar-refractivity contribution in [3.63, 3.8) is 0 Å². The van der Waals surface area contributed by atoms with Gasteiger partial charge in [-0.25, -0.2) is 9.97 Å². The topological polar surface area (TPSA) is 84.6 Å². The maximum atomic E-state index is 12.8. The summed E-state index contributed by atoms with van der Waals surface area (Å²) in [5.41, 5.74) is 8.68. The Morgan fingerprint density at radius 1 is 1.09 bits per heavy atom. The van der Waals surface area contributed by atoms with E-state index in [1.165, 1.54) is 24.0 Å². The van der Waals surface area contributed by atoms with E-state index in [1.54, 1.807) is 12.3 Å². The molecular formula is C26H33N5O2. The largest absolute Gasteiger partial charge is 0.483 e. The van der Waals surface area contributed by atoms with Gasteiger partial charge in [-0.3, -0.25) is 9.69 Å². The average molecular weight is 448 g/mol. The Morgan fingerprint density at radius 2 is 1.82 bits per heavy atom. The quantitative estimate of drug-likeness (QED) is 0.771. The zero-order chi connectivity index (χ0) is 23.1. The number of nitrogens with zero attached hydrogens (tertiary/aromatic N) is 4. The van der Waals surface area contributed by atoms with E-state index in [9.17, 15) is 4.79 Å². The van der Waals surface area contributed by atoms with Crippen molar-refractivity contribution in [3.05, 3.63) is 53.4 Å². The number of aromatic nitrogens is 2. The van der Waals surface area contributed by atoms with Crippen molar-refractivity contribution in [3.8, 4) is 5.75 Å². The minimum Gasteiger partial charge on any atom is -0.483 e. The average Bonchev–Trinajstić information content (AvgIpc) is 2.80. The summed E-state index contributed by atoms with van der Waals surface area (Å²) in [5, 5.41) is 0. The third-order valence-corrected chi connectivity index (χ3v) is 7.50. The molecule has 33 heavy (non-hydrogen) atoms. The molecule has 7 nitrogen and oxygen atoms in total. The van der Waals surface area contributed by atoms with E-state index < -0.39 is 0 Å². The summed E-state index contributed by atoms with van der Waals surface area (Å²) in [6.07, 6.45) is 10.4. The third-order valence-electron chi connectivity index (χ3n) is 7.50. The lowest BCUT2D eigenvalue weighted by Crippen LogP contribution is -2.48. The van der Waals surface area contributed by atoms with Gasteiger partial charge in [0, 0.05) is 31.4 Å². The molecule has 2 N–H and O–H groups in total. The number of fused-ring (bicyclic) bond motifs is 1. The lowest BCUT2D eigenvalue weighted by atomic mass is 9.71. The second-order valence-electron chi connectivity index (χ2n) is 10.2.